The topological polar surface area (TPSA) is 83.0 Å². The number of nitrogens with zero attached hydrogens (tertiary/aromatic N) is 7. The number of carbonyl (C=O) groups is 1. The first-order valence-electron chi connectivity index (χ1n) is 12.3. The molecule has 3 aromatic heterocycles. The van der Waals surface area contributed by atoms with Crippen LogP contribution in [0.5, 0.6) is 5.75 Å². The van der Waals surface area contributed by atoms with Crippen LogP contribution in [0.3, 0.4) is 0 Å². The van der Waals surface area contributed by atoms with Crippen molar-refractivity contribution in [2.24, 2.45) is 0 Å². The summed E-state index contributed by atoms with van der Waals surface area (Å²) in [6.45, 7) is 6.91. The molecule has 12 heteroatoms. The van der Waals surface area contributed by atoms with Crippen molar-refractivity contribution in [3.8, 4) is 28.5 Å². The number of imidazole rings is 1. The number of aromatic nitrogens is 6. The molecule has 0 fully saturated rings. The fourth-order valence-electron chi connectivity index (χ4n) is 4.63. The summed E-state index contributed by atoms with van der Waals surface area (Å²) < 4.78 is 50.2. The first kappa shape index (κ1) is 25.6. The van der Waals surface area contributed by atoms with E-state index in [0.717, 1.165) is 17.5 Å². The minimum atomic E-state index is -4.51. The van der Waals surface area contributed by atoms with Gasteiger partial charge in [0.25, 0.3) is 0 Å². The monoisotopic (exact) mass is 527 g/mol. The molecule has 1 aliphatic heterocycles. The van der Waals surface area contributed by atoms with Gasteiger partial charge in [0.1, 0.15) is 23.0 Å². The summed E-state index contributed by atoms with van der Waals surface area (Å²) in [6.07, 6.45) is -1.53. The van der Waals surface area contributed by atoms with Gasteiger partial charge < -0.3 is 9.30 Å². The summed E-state index contributed by atoms with van der Waals surface area (Å²) in [5.74, 6) is 1.48. The zero-order chi connectivity index (χ0) is 27.2. The van der Waals surface area contributed by atoms with Crippen molar-refractivity contribution >= 4 is 11.7 Å². The number of hydrogen-bond donors (Lipinski definition) is 0. The molecule has 0 bridgehead atoms. The third-order valence-corrected chi connectivity index (χ3v) is 6.55. The maximum Gasteiger partial charge on any atom is 0.434 e. The average Bonchev–Trinajstić information content (AvgIpc) is 3.61. The van der Waals surface area contributed by atoms with Crippen molar-refractivity contribution in [3.05, 3.63) is 54.0 Å². The first-order valence-corrected chi connectivity index (χ1v) is 12.3. The molecule has 0 saturated carbocycles. The SMILES string of the molecule is CCn1cc(C(F)(F)F)nc1-c1ccc(CN2C(=O)CCn3nc(-c4c(OC)cnn4C(C)C)cc32)cc1. The van der Waals surface area contributed by atoms with E-state index in [4.69, 9.17) is 9.84 Å². The molecule has 0 atom stereocenters. The predicted molar refractivity (Wildman–Crippen MR) is 135 cm³/mol. The maximum atomic E-state index is 13.2. The van der Waals surface area contributed by atoms with E-state index in [9.17, 15) is 18.0 Å². The van der Waals surface area contributed by atoms with Gasteiger partial charge in [-0.25, -0.2) is 9.67 Å². The van der Waals surface area contributed by atoms with Crippen LogP contribution in [-0.4, -0.2) is 42.1 Å². The Morgan fingerprint density at radius 3 is 2.53 bits per heavy atom. The van der Waals surface area contributed by atoms with E-state index in [1.807, 2.05) is 24.6 Å². The third kappa shape index (κ3) is 4.54. The van der Waals surface area contributed by atoms with Crippen LogP contribution in [-0.2, 0) is 30.6 Å². The van der Waals surface area contributed by atoms with Gasteiger partial charge in [0.15, 0.2) is 11.4 Å². The highest BCUT2D eigenvalue weighted by Crippen LogP contribution is 2.36. The molecule has 4 aromatic rings. The third-order valence-electron chi connectivity index (χ3n) is 6.55. The van der Waals surface area contributed by atoms with Crippen molar-refractivity contribution in [2.45, 2.75) is 59.0 Å². The number of methoxy groups -OCH3 is 1. The number of amides is 1. The molecule has 0 N–H and O–H groups in total. The Labute approximate surface area is 217 Å². The first-order chi connectivity index (χ1) is 18.1. The molecule has 1 aliphatic rings. The summed E-state index contributed by atoms with van der Waals surface area (Å²) in [5.41, 5.74) is 1.87. The molecular formula is C26H28F3N7O2. The number of alkyl halides is 3. The van der Waals surface area contributed by atoms with E-state index in [2.05, 4.69) is 10.1 Å². The van der Waals surface area contributed by atoms with E-state index in [1.54, 1.807) is 54.1 Å². The summed E-state index contributed by atoms with van der Waals surface area (Å²) in [5, 5.41) is 9.17. The maximum absolute atomic E-state index is 13.2. The van der Waals surface area contributed by atoms with Gasteiger partial charge in [-0.1, -0.05) is 24.3 Å². The van der Waals surface area contributed by atoms with Crippen LogP contribution in [0.2, 0.25) is 0 Å². The van der Waals surface area contributed by atoms with Gasteiger partial charge in [-0.3, -0.25) is 14.4 Å². The molecule has 9 nitrogen and oxygen atoms in total. The number of carbonyl (C=O) groups excluding carboxylic acids is 1. The molecule has 5 rings (SSSR count). The van der Waals surface area contributed by atoms with Gasteiger partial charge in [-0.2, -0.15) is 23.4 Å². The Bertz CT molecular complexity index is 1470. The zero-order valence-electron chi connectivity index (χ0n) is 21.5. The van der Waals surface area contributed by atoms with E-state index >= 15 is 0 Å². The molecule has 0 spiro atoms. The Morgan fingerprint density at radius 1 is 1.16 bits per heavy atom. The molecule has 1 aromatic carbocycles. The number of anilines is 1. The molecule has 200 valence electrons. The van der Waals surface area contributed by atoms with Crippen LogP contribution < -0.4 is 9.64 Å². The Kier molecular flexibility index (Phi) is 6.49. The minimum absolute atomic E-state index is 0.0336. The molecule has 0 aliphatic carbocycles. The molecule has 0 saturated heterocycles. The number of halogens is 3. The molecule has 4 heterocycles. The summed E-state index contributed by atoms with van der Waals surface area (Å²) in [4.78, 5) is 18.4. The van der Waals surface area contributed by atoms with Crippen molar-refractivity contribution in [1.29, 1.82) is 0 Å². The van der Waals surface area contributed by atoms with Gasteiger partial charge in [0, 0.05) is 36.8 Å². The Hall–Kier alpha value is -4.09. The standard InChI is InChI=1S/C26H28F3N7O2/c1-5-33-15-21(26(27,28)29)31-25(33)18-8-6-17(7-9-18)14-34-22-12-19(32-35(22)11-10-23(34)37)24-20(38-4)13-30-36(24)16(2)3/h6-9,12-13,15-16H,5,10-11,14H2,1-4H3. The average molecular weight is 528 g/mol. The fraction of sp³-hybridized carbons (Fsp3) is 0.385. The number of fused-ring (bicyclic) bond motifs is 1. The Morgan fingerprint density at radius 2 is 1.89 bits per heavy atom. The molecule has 0 unspecified atom stereocenters. The number of hydrogen-bond acceptors (Lipinski definition) is 5. The highest BCUT2D eigenvalue weighted by Gasteiger charge is 2.35. The fourth-order valence-corrected chi connectivity index (χ4v) is 4.63. The lowest BCUT2D eigenvalue weighted by atomic mass is 10.1. The summed E-state index contributed by atoms with van der Waals surface area (Å²) in [6, 6.07) is 9.01. The normalized spacial score (nSPS) is 13.9. The summed E-state index contributed by atoms with van der Waals surface area (Å²) in [7, 11) is 1.58. The van der Waals surface area contributed by atoms with Crippen molar-refractivity contribution in [3.63, 3.8) is 0 Å². The molecule has 0 radical (unpaired) electrons. The van der Waals surface area contributed by atoms with Crippen LogP contribution in [0, 0.1) is 0 Å². The number of ether oxygens (including phenoxy) is 1. The number of benzene rings is 1. The molecule has 1 amide bonds. The lowest BCUT2D eigenvalue weighted by Crippen LogP contribution is -2.36. The van der Waals surface area contributed by atoms with Crippen LogP contribution >= 0.6 is 0 Å². The van der Waals surface area contributed by atoms with Crippen molar-refractivity contribution in [2.75, 3.05) is 12.0 Å². The van der Waals surface area contributed by atoms with E-state index in [0.29, 0.717) is 48.9 Å². The van der Waals surface area contributed by atoms with Gasteiger partial charge in [0.2, 0.25) is 5.91 Å². The van der Waals surface area contributed by atoms with E-state index in [-0.39, 0.29) is 17.8 Å². The second kappa shape index (κ2) is 9.66. The number of aryl methyl sites for hydroxylation is 2. The van der Waals surface area contributed by atoms with Gasteiger partial charge >= 0.3 is 6.18 Å². The van der Waals surface area contributed by atoms with Gasteiger partial charge in [-0.15, -0.1) is 0 Å². The van der Waals surface area contributed by atoms with Crippen molar-refractivity contribution in [1.82, 2.24) is 29.1 Å². The predicted octanol–water partition coefficient (Wildman–Crippen LogP) is 5.18. The van der Waals surface area contributed by atoms with E-state index < -0.39 is 11.9 Å². The van der Waals surface area contributed by atoms with Gasteiger partial charge in [-0.05, 0) is 26.3 Å². The van der Waals surface area contributed by atoms with Crippen LogP contribution in [0.25, 0.3) is 22.8 Å². The molecular weight excluding hydrogens is 499 g/mol. The molecule has 38 heavy (non-hydrogen) atoms. The second-order valence-electron chi connectivity index (χ2n) is 9.37. The van der Waals surface area contributed by atoms with Crippen LogP contribution in [0.15, 0.2) is 42.7 Å². The van der Waals surface area contributed by atoms with Crippen LogP contribution in [0.1, 0.15) is 44.5 Å². The number of rotatable bonds is 7. The van der Waals surface area contributed by atoms with Gasteiger partial charge in [0.05, 0.1) is 26.4 Å². The second-order valence-corrected chi connectivity index (χ2v) is 9.37. The minimum Gasteiger partial charge on any atom is -0.493 e. The quantitative estimate of drug-likeness (QED) is 0.331. The smallest absolute Gasteiger partial charge is 0.434 e. The Balaban J connectivity index is 1.43. The lowest BCUT2D eigenvalue weighted by molar-refractivity contribution is -0.140. The largest absolute Gasteiger partial charge is 0.493 e. The van der Waals surface area contributed by atoms with E-state index in [1.165, 1.54) is 4.57 Å². The lowest BCUT2D eigenvalue weighted by Gasteiger charge is -2.27. The zero-order valence-corrected chi connectivity index (χ0v) is 21.5. The summed E-state index contributed by atoms with van der Waals surface area (Å²) >= 11 is 0. The van der Waals surface area contributed by atoms with Crippen molar-refractivity contribution < 1.29 is 22.7 Å². The van der Waals surface area contributed by atoms with Crippen LogP contribution in [0.4, 0.5) is 19.0 Å². The highest BCUT2D eigenvalue weighted by atomic mass is 19.4. The highest BCUT2D eigenvalue weighted by molar-refractivity contribution is 5.94.